The van der Waals surface area contributed by atoms with Crippen LogP contribution in [0.5, 0.6) is 0 Å². The molecule has 0 saturated carbocycles. The van der Waals surface area contributed by atoms with Gasteiger partial charge in [0.25, 0.3) is 0 Å². The van der Waals surface area contributed by atoms with Crippen LogP contribution in [0, 0.1) is 29.3 Å². The highest BCUT2D eigenvalue weighted by atomic mass is 19.2. The van der Waals surface area contributed by atoms with E-state index in [2.05, 4.69) is 4.90 Å². The largest absolute Gasteiger partial charge is 0.396 e. The highest BCUT2D eigenvalue weighted by Crippen LogP contribution is 2.27. The smallest absolute Gasteiger partial charge is 0.194 e. The van der Waals surface area contributed by atoms with Gasteiger partial charge in [0.2, 0.25) is 0 Å². The first-order valence-electron chi connectivity index (χ1n) is 8.76. The van der Waals surface area contributed by atoms with Crippen LogP contribution in [-0.4, -0.2) is 54.2 Å². The standard InChI is InChI=1S/C18H25F3N2O/c19-16-5-4-13(17(20)18(16)21)8-23-10-14(15(11-23)12-24)9-22-6-2-1-3-7-22/h4-5,14-15,24H,1-3,6-12H2/t14-,15-/m0/s1. The summed E-state index contributed by atoms with van der Waals surface area (Å²) < 4.78 is 40.3. The molecular formula is C18H25F3N2O. The molecule has 24 heavy (non-hydrogen) atoms. The van der Waals surface area contributed by atoms with Gasteiger partial charge in [0.15, 0.2) is 17.5 Å². The summed E-state index contributed by atoms with van der Waals surface area (Å²) >= 11 is 0. The molecule has 2 aliphatic rings. The summed E-state index contributed by atoms with van der Waals surface area (Å²) in [7, 11) is 0. The van der Waals surface area contributed by atoms with E-state index >= 15 is 0 Å². The van der Waals surface area contributed by atoms with Crippen LogP contribution in [-0.2, 0) is 6.54 Å². The molecule has 0 spiro atoms. The molecule has 0 aliphatic carbocycles. The van der Waals surface area contributed by atoms with Gasteiger partial charge in [-0.05, 0) is 43.8 Å². The molecule has 3 rings (SSSR count). The second-order valence-electron chi connectivity index (χ2n) is 7.09. The Bertz CT molecular complexity index is 563. The van der Waals surface area contributed by atoms with Crippen LogP contribution in [0.15, 0.2) is 12.1 Å². The first-order chi connectivity index (χ1) is 11.6. The summed E-state index contributed by atoms with van der Waals surface area (Å²) in [5, 5.41) is 9.66. The van der Waals surface area contributed by atoms with E-state index in [0.717, 1.165) is 32.2 Å². The molecule has 2 heterocycles. The van der Waals surface area contributed by atoms with Crippen LogP contribution in [0.1, 0.15) is 24.8 Å². The van der Waals surface area contributed by atoms with E-state index in [4.69, 9.17) is 0 Å². The average molecular weight is 342 g/mol. The van der Waals surface area contributed by atoms with Gasteiger partial charge in [0.1, 0.15) is 0 Å². The lowest BCUT2D eigenvalue weighted by Crippen LogP contribution is -2.37. The fourth-order valence-electron chi connectivity index (χ4n) is 3.98. The Morgan fingerprint density at radius 2 is 1.62 bits per heavy atom. The maximum atomic E-state index is 13.9. The molecule has 2 fully saturated rings. The van der Waals surface area contributed by atoms with Crippen LogP contribution < -0.4 is 0 Å². The number of benzene rings is 1. The first kappa shape index (κ1) is 17.7. The highest BCUT2D eigenvalue weighted by Gasteiger charge is 2.34. The average Bonchev–Trinajstić information content (AvgIpc) is 2.98. The third-order valence-corrected chi connectivity index (χ3v) is 5.34. The molecular weight excluding hydrogens is 317 g/mol. The zero-order chi connectivity index (χ0) is 17.1. The van der Waals surface area contributed by atoms with Gasteiger partial charge in [-0.25, -0.2) is 13.2 Å². The Labute approximate surface area is 141 Å². The fraction of sp³-hybridized carbons (Fsp3) is 0.667. The predicted molar refractivity (Wildman–Crippen MR) is 85.9 cm³/mol. The molecule has 2 saturated heterocycles. The fourth-order valence-corrected chi connectivity index (χ4v) is 3.98. The molecule has 1 aromatic rings. The van der Waals surface area contributed by atoms with Gasteiger partial charge in [-0.3, -0.25) is 4.90 Å². The Balaban J connectivity index is 1.62. The number of rotatable bonds is 5. The van der Waals surface area contributed by atoms with Crippen molar-refractivity contribution in [3.05, 3.63) is 35.1 Å². The minimum Gasteiger partial charge on any atom is -0.396 e. The molecule has 134 valence electrons. The number of aliphatic hydroxyl groups excluding tert-OH is 1. The lowest BCUT2D eigenvalue weighted by molar-refractivity contribution is 0.149. The summed E-state index contributed by atoms with van der Waals surface area (Å²) in [5.41, 5.74) is 0.171. The third-order valence-electron chi connectivity index (χ3n) is 5.34. The molecule has 1 aromatic carbocycles. The number of hydrogen-bond acceptors (Lipinski definition) is 3. The quantitative estimate of drug-likeness (QED) is 0.834. The molecule has 0 aromatic heterocycles. The van der Waals surface area contributed by atoms with E-state index in [1.165, 1.54) is 25.3 Å². The Hall–Kier alpha value is -1.11. The van der Waals surface area contributed by atoms with E-state index in [1.54, 1.807) is 0 Å². The van der Waals surface area contributed by atoms with Crippen LogP contribution in [0.4, 0.5) is 13.2 Å². The summed E-state index contributed by atoms with van der Waals surface area (Å²) in [5.74, 6) is -3.18. The molecule has 0 radical (unpaired) electrons. The number of nitrogens with zero attached hydrogens (tertiary/aromatic N) is 2. The molecule has 0 bridgehead atoms. The van der Waals surface area contributed by atoms with Crippen molar-refractivity contribution < 1.29 is 18.3 Å². The minimum atomic E-state index is -1.41. The van der Waals surface area contributed by atoms with E-state index in [9.17, 15) is 18.3 Å². The van der Waals surface area contributed by atoms with Gasteiger partial charge in [0.05, 0.1) is 0 Å². The second kappa shape index (κ2) is 7.85. The number of hydrogen-bond donors (Lipinski definition) is 1. The summed E-state index contributed by atoms with van der Waals surface area (Å²) in [6.45, 7) is 4.92. The number of likely N-dealkylation sites (tertiary alicyclic amines) is 2. The van der Waals surface area contributed by atoms with Crippen LogP contribution in [0.25, 0.3) is 0 Å². The Kier molecular flexibility index (Phi) is 5.79. The molecule has 2 aliphatic heterocycles. The first-order valence-corrected chi connectivity index (χ1v) is 8.76. The van der Waals surface area contributed by atoms with Crippen LogP contribution >= 0.6 is 0 Å². The second-order valence-corrected chi connectivity index (χ2v) is 7.09. The zero-order valence-electron chi connectivity index (χ0n) is 13.9. The van der Waals surface area contributed by atoms with E-state index < -0.39 is 17.5 Å². The van der Waals surface area contributed by atoms with Crippen molar-refractivity contribution in [3.63, 3.8) is 0 Å². The maximum Gasteiger partial charge on any atom is 0.194 e. The molecule has 6 heteroatoms. The van der Waals surface area contributed by atoms with Gasteiger partial charge in [-0.1, -0.05) is 12.5 Å². The predicted octanol–water partition coefficient (Wildman–Crippen LogP) is 2.63. The molecule has 3 nitrogen and oxygen atoms in total. The van der Waals surface area contributed by atoms with E-state index in [1.807, 2.05) is 4.90 Å². The highest BCUT2D eigenvalue weighted by molar-refractivity contribution is 5.20. The SMILES string of the molecule is OC[C@@H]1CN(Cc2ccc(F)c(F)c2F)C[C@@H]1CN1CCCCC1. The molecule has 1 N–H and O–H groups in total. The number of aliphatic hydroxyl groups is 1. The lowest BCUT2D eigenvalue weighted by atomic mass is 9.95. The van der Waals surface area contributed by atoms with Gasteiger partial charge >= 0.3 is 0 Å². The van der Waals surface area contributed by atoms with Gasteiger partial charge < -0.3 is 10.0 Å². The van der Waals surface area contributed by atoms with E-state index in [-0.39, 0.29) is 24.6 Å². The van der Waals surface area contributed by atoms with E-state index in [0.29, 0.717) is 12.5 Å². The Morgan fingerprint density at radius 3 is 2.33 bits per heavy atom. The van der Waals surface area contributed by atoms with Crippen molar-refractivity contribution in [3.8, 4) is 0 Å². The number of piperidine rings is 1. The van der Waals surface area contributed by atoms with Gasteiger partial charge in [-0.15, -0.1) is 0 Å². The lowest BCUT2D eigenvalue weighted by Gasteiger charge is -2.30. The van der Waals surface area contributed by atoms with Crippen LogP contribution in [0.3, 0.4) is 0 Å². The van der Waals surface area contributed by atoms with Gasteiger partial charge in [0, 0.05) is 38.3 Å². The van der Waals surface area contributed by atoms with Crippen molar-refractivity contribution in [1.29, 1.82) is 0 Å². The minimum absolute atomic E-state index is 0.106. The number of halogens is 3. The van der Waals surface area contributed by atoms with Crippen molar-refractivity contribution in [1.82, 2.24) is 9.80 Å². The van der Waals surface area contributed by atoms with Gasteiger partial charge in [-0.2, -0.15) is 0 Å². The normalized spacial score (nSPS) is 26.2. The zero-order valence-corrected chi connectivity index (χ0v) is 13.9. The monoisotopic (exact) mass is 342 g/mol. The van der Waals surface area contributed by atoms with Crippen molar-refractivity contribution >= 4 is 0 Å². The molecule has 2 atom stereocenters. The summed E-state index contributed by atoms with van der Waals surface area (Å²) in [6.07, 6.45) is 3.73. The summed E-state index contributed by atoms with van der Waals surface area (Å²) in [4.78, 5) is 4.48. The van der Waals surface area contributed by atoms with Crippen molar-refractivity contribution in [2.24, 2.45) is 11.8 Å². The van der Waals surface area contributed by atoms with Crippen molar-refractivity contribution in [2.45, 2.75) is 25.8 Å². The summed E-state index contributed by atoms with van der Waals surface area (Å²) in [6, 6.07) is 2.28. The Morgan fingerprint density at radius 1 is 0.917 bits per heavy atom. The van der Waals surface area contributed by atoms with Crippen LogP contribution in [0.2, 0.25) is 0 Å². The molecule has 0 amide bonds. The third kappa shape index (κ3) is 3.92. The molecule has 0 unspecified atom stereocenters. The maximum absolute atomic E-state index is 13.9. The topological polar surface area (TPSA) is 26.7 Å². The van der Waals surface area contributed by atoms with Crippen molar-refractivity contribution in [2.75, 3.05) is 39.3 Å².